The minimum Gasteiger partial charge on any atom is -0.419 e. The fourth-order valence-corrected chi connectivity index (χ4v) is 2.91. The van der Waals surface area contributed by atoms with E-state index in [1.807, 2.05) is 0 Å². The van der Waals surface area contributed by atoms with E-state index in [1.165, 1.54) is 6.07 Å². The Labute approximate surface area is 190 Å². The maximum Gasteiger partial charge on any atom is 0.573 e. The topological polar surface area (TPSA) is 75.2 Å². The molecule has 186 valence electrons. The first-order chi connectivity index (χ1) is 16.1. The Morgan fingerprint density at radius 3 is 2.11 bits per heavy atom. The van der Waals surface area contributed by atoms with E-state index in [0.717, 1.165) is 36.4 Å². The Bertz CT molecular complexity index is 1210. The number of benzene rings is 2. The summed E-state index contributed by atoms with van der Waals surface area (Å²) >= 11 is 0. The summed E-state index contributed by atoms with van der Waals surface area (Å²) in [6.45, 7) is -2.44. The number of hydrogen-bond donors (Lipinski definition) is 0. The first kappa shape index (κ1) is 25.7. The molecule has 0 aliphatic carbocycles. The lowest BCUT2D eigenvalue weighted by atomic mass is 10.1. The molecule has 1 heterocycles. The highest BCUT2D eigenvalue weighted by atomic mass is 19.4. The first-order valence-electron chi connectivity index (χ1n) is 9.26. The quantitative estimate of drug-likeness (QED) is 0.374. The number of hydrogen-bond acceptors (Lipinski definition) is 6. The molecule has 0 unspecified atom stereocenters. The van der Waals surface area contributed by atoms with Crippen LogP contribution in [0.15, 0.2) is 46.9 Å². The maximum atomic E-state index is 13.2. The molecule has 6 nitrogen and oxygen atoms in total. The molecule has 0 amide bonds. The molecule has 0 N–H and O–H groups in total. The maximum absolute atomic E-state index is 13.2. The van der Waals surface area contributed by atoms with E-state index in [1.54, 1.807) is 0 Å². The summed E-state index contributed by atoms with van der Waals surface area (Å²) < 4.78 is 125. The highest BCUT2D eigenvalue weighted by molar-refractivity contribution is 5.56. The van der Waals surface area contributed by atoms with Crippen molar-refractivity contribution < 1.29 is 48.7 Å². The van der Waals surface area contributed by atoms with Crippen molar-refractivity contribution in [2.24, 2.45) is 0 Å². The van der Waals surface area contributed by atoms with E-state index in [-0.39, 0.29) is 11.5 Å². The van der Waals surface area contributed by atoms with Gasteiger partial charge in [-0.05, 0) is 42.5 Å². The lowest BCUT2D eigenvalue weighted by molar-refractivity contribution is -0.274. The van der Waals surface area contributed by atoms with Gasteiger partial charge in [0.1, 0.15) is 12.3 Å². The Morgan fingerprint density at radius 2 is 1.57 bits per heavy atom. The highest BCUT2D eigenvalue weighted by Gasteiger charge is 2.36. The Kier molecular flexibility index (Phi) is 6.86. The van der Waals surface area contributed by atoms with Crippen molar-refractivity contribution in [3.8, 4) is 23.3 Å². The molecule has 0 saturated heterocycles. The third-order valence-electron chi connectivity index (χ3n) is 4.29. The minimum absolute atomic E-state index is 0.110. The number of nitriles is 1. The molecule has 0 bridgehead atoms. The predicted octanol–water partition coefficient (Wildman–Crippen LogP) is 6.09. The smallest absolute Gasteiger partial charge is 0.419 e. The summed E-state index contributed by atoms with van der Waals surface area (Å²) in [5.74, 6) is -1.22. The van der Waals surface area contributed by atoms with Crippen LogP contribution in [0.5, 0.6) is 5.75 Å². The van der Waals surface area contributed by atoms with Crippen LogP contribution in [-0.2, 0) is 12.7 Å². The van der Waals surface area contributed by atoms with Gasteiger partial charge >= 0.3 is 18.7 Å². The zero-order valence-corrected chi connectivity index (χ0v) is 17.0. The van der Waals surface area contributed by atoms with Gasteiger partial charge < -0.3 is 14.1 Å². The van der Waals surface area contributed by atoms with Crippen LogP contribution in [0.2, 0.25) is 0 Å². The van der Waals surface area contributed by atoms with Gasteiger partial charge in [-0.2, -0.15) is 31.6 Å². The molecule has 0 spiro atoms. The van der Waals surface area contributed by atoms with E-state index in [2.05, 4.69) is 14.9 Å². The SMILES string of the molecule is N#Cc1ccc(N(Cc2nnc(-c3ccc(OC(F)(F)F)cc3)o2)CC(F)(F)F)cc1C(F)(F)F. The van der Waals surface area contributed by atoms with E-state index in [0.29, 0.717) is 11.0 Å². The number of alkyl halides is 9. The number of halogens is 9. The minimum atomic E-state index is -5.00. The Hall–Kier alpha value is -3.96. The Morgan fingerprint density at radius 1 is 0.914 bits per heavy atom. The van der Waals surface area contributed by atoms with Crippen LogP contribution in [0.25, 0.3) is 11.5 Å². The second-order valence-corrected chi connectivity index (χ2v) is 6.88. The molecular weight excluding hydrogens is 499 g/mol. The van der Waals surface area contributed by atoms with Gasteiger partial charge in [-0.1, -0.05) is 0 Å². The second-order valence-electron chi connectivity index (χ2n) is 6.88. The molecule has 0 fully saturated rings. The first-order valence-corrected chi connectivity index (χ1v) is 9.26. The predicted molar refractivity (Wildman–Crippen MR) is 99.7 cm³/mol. The molecule has 2 aromatic carbocycles. The molecule has 0 aliphatic rings. The van der Waals surface area contributed by atoms with E-state index in [4.69, 9.17) is 9.68 Å². The molecule has 0 atom stereocenters. The number of nitrogens with zero attached hydrogens (tertiary/aromatic N) is 4. The van der Waals surface area contributed by atoms with E-state index in [9.17, 15) is 39.5 Å². The van der Waals surface area contributed by atoms with Crippen molar-refractivity contribution in [1.82, 2.24) is 10.2 Å². The molecule has 0 radical (unpaired) electrons. The van der Waals surface area contributed by atoms with Crippen molar-refractivity contribution in [3.05, 3.63) is 59.5 Å². The number of anilines is 1. The lowest BCUT2D eigenvalue weighted by Gasteiger charge is -2.25. The van der Waals surface area contributed by atoms with Gasteiger partial charge in [-0.3, -0.25) is 0 Å². The Balaban J connectivity index is 1.88. The van der Waals surface area contributed by atoms with Gasteiger partial charge in [0.15, 0.2) is 0 Å². The standard InChI is InChI=1S/C20H11F9N4O2/c21-18(22,23)10-33(13-4-1-12(8-30)15(7-13)19(24,25)26)9-16-31-32-17(34-16)11-2-5-14(6-3-11)35-20(27,28)29/h1-7H,9-10H2. The molecule has 35 heavy (non-hydrogen) atoms. The van der Waals surface area contributed by atoms with Gasteiger partial charge in [-0.15, -0.1) is 23.4 Å². The monoisotopic (exact) mass is 510 g/mol. The van der Waals surface area contributed by atoms with Gasteiger partial charge in [0, 0.05) is 11.3 Å². The van der Waals surface area contributed by atoms with Crippen LogP contribution < -0.4 is 9.64 Å². The molecule has 1 aromatic heterocycles. The van der Waals surface area contributed by atoms with Gasteiger partial charge in [0.25, 0.3) is 0 Å². The normalized spacial score (nSPS) is 12.3. The molecule has 0 saturated carbocycles. The third kappa shape index (κ3) is 7.01. The van der Waals surface area contributed by atoms with Crippen molar-refractivity contribution in [1.29, 1.82) is 5.26 Å². The van der Waals surface area contributed by atoms with Crippen molar-refractivity contribution in [3.63, 3.8) is 0 Å². The fraction of sp³-hybridized carbons (Fsp3) is 0.250. The second kappa shape index (κ2) is 9.35. The number of ether oxygens (including phenoxy) is 1. The van der Waals surface area contributed by atoms with Crippen LogP contribution >= 0.6 is 0 Å². The summed E-state index contributed by atoms with van der Waals surface area (Å²) in [6, 6.07) is 7.53. The number of aromatic nitrogens is 2. The van der Waals surface area contributed by atoms with Gasteiger partial charge in [0.05, 0.1) is 23.7 Å². The van der Waals surface area contributed by atoms with Crippen molar-refractivity contribution >= 4 is 5.69 Å². The molecule has 0 aliphatic heterocycles. The van der Waals surface area contributed by atoms with E-state index < -0.39 is 60.3 Å². The van der Waals surface area contributed by atoms with E-state index >= 15 is 0 Å². The summed E-state index contributed by atoms with van der Waals surface area (Å²) in [6.07, 6.45) is -14.7. The highest BCUT2D eigenvalue weighted by Crippen LogP contribution is 2.35. The van der Waals surface area contributed by atoms with Crippen LogP contribution in [0.3, 0.4) is 0 Å². The molecular formula is C20H11F9N4O2. The summed E-state index contributed by atoms with van der Waals surface area (Å²) in [5.41, 5.74) is -2.59. The number of rotatable bonds is 6. The van der Waals surface area contributed by atoms with Crippen LogP contribution in [0.1, 0.15) is 17.0 Å². The zero-order chi connectivity index (χ0) is 26.0. The average Bonchev–Trinajstić information content (AvgIpc) is 3.19. The fourth-order valence-electron chi connectivity index (χ4n) is 2.91. The summed E-state index contributed by atoms with van der Waals surface area (Å²) in [7, 11) is 0. The van der Waals surface area contributed by atoms with Gasteiger partial charge in [0.2, 0.25) is 11.8 Å². The van der Waals surface area contributed by atoms with Gasteiger partial charge in [-0.25, -0.2) is 0 Å². The van der Waals surface area contributed by atoms with Crippen LogP contribution in [0, 0.1) is 11.3 Å². The summed E-state index contributed by atoms with van der Waals surface area (Å²) in [5, 5.41) is 16.0. The zero-order valence-electron chi connectivity index (χ0n) is 17.0. The average molecular weight is 510 g/mol. The largest absolute Gasteiger partial charge is 0.573 e. The molecule has 15 heteroatoms. The summed E-state index contributed by atoms with van der Waals surface area (Å²) in [4.78, 5) is 0.494. The van der Waals surface area contributed by atoms with Crippen LogP contribution in [-0.4, -0.2) is 29.3 Å². The lowest BCUT2D eigenvalue weighted by Crippen LogP contribution is -2.34. The third-order valence-corrected chi connectivity index (χ3v) is 4.29. The van der Waals surface area contributed by atoms with Crippen molar-refractivity contribution in [2.75, 3.05) is 11.4 Å². The molecule has 3 rings (SSSR count). The van der Waals surface area contributed by atoms with Crippen LogP contribution in [0.4, 0.5) is 45.2 Å². The van der Waals surface area contributed by atoms with Crippen molar-refractivity contribution in [2.45, 2.75) is 25.3 Å². The molecule has 3 aromatic rings.